The first-order valence-electron chi connectivity index (χ1n) is 8.26. The van der Waals surface area contributed by atoms with Crippen LogP contribution in [0, 0.1) is 11.7 Å². The van der Waals surface area contributed by atoms with Gasteiger partial charge in [-0.1, -0.05) is 18.2 Å². The molecule has 2 fully saturated rings. The number of benzene rings is 1. The van der Waals surface area contributed by atoms with Crippen molar-refractivity contribution in [3.05, 3.63) is 35.6 Å². The molecule has 1 atom stereocenters. The molecule has 0 saturated carbocycles. The summed E-state index contributed by atoms with van der Waals surface area (Å²) in [6.45, 7) is 2.26. The highest BCUT2D eigenvalue weighted by Gasteiger charge is 2.43. The lowest BCUT2D eigenvalue weighted by Crippen LogP contribution is -2.47. The summed E-state index contributed by atoms with van der Waals surface area (Å²) in [5, 5.41) is 0. The van der Waals surface area contributed by atoms with Gasteiger partial charge in [0.2, 0.25) is 5.91 Å². The van der Waals surface area contributed by atoms with E-state index in [1.54, 1.807) is 6.07 Å². The zero-order valence-electron chi connectivity index (χ0n) is 13.6. The van der Waals surface area contributed by atoms with Crippen molar-refractivity contribution in [2.45, 2.75) is 31.3 Å². The smallest absolute Gasteiger partial charge is 0.248 e. The van der Waals surface area contributed by atoms with Gasteiger partial charge in [0.15, 0.2) is 0 Å². The van der Waals surface area contributed by atoms with Gasteiger partial charge in [-0.25, -0.2) is 4.39 Å². The van der Waals surface area contributed by atoms with Gasteiger partial charge in [0.25, 0.3) is 0 Å². The number of halogens is 1. The Morgan fingerprint density at radius 2 is 2.13 bits per heavy atom. The lowest BCUT2D eigenvalue weighted by molar-refractivity contribution is -0.139. The van der Waals surface area contributed by atoms with Gasteiger partial charge in [-0.3, -0.25) is 4.79 Å². The lowest BCUT2D eigenvalue weighted by Gasteiger charge is -2.38. The van der Waals surface area contributed by atoms with E-state index in [2.05, 4.69) is 0 Å². The zero-order valence-corrected chi connectivity index (χ0v) is 13.6. The third-order valence-electron chi connectivity index (χ3n) is 5.05. The molecule has 2 aliphatic heterocycles. The number of ether oxygens (including phenoxy) is 2. The van der Waals surface area contributed by atoms with Crippen LogP contribution in [0.15, 0.2) is 24.3 Å². The molecule has 1 spiro atoms. The fourth-order valence-corrected chi connectivity index (χ4v) is 3.77. The monoisotopic (exact) mass is 321 g/mol. The Balaban J connectivity index is 1.54. The average Bonchev–Trinajstić information content (AvgIpc) is 2.93. The van der Waals surface area contributed by atoms with Crippen LogP contribution in [0.5, 0.6) is 0 Å². The van der Waals surface area contributed by atoms with E-state index in [4.69, 9.17) is 9.47 Å². The first kappa shape index (κ1) is 16.4. The largest absolute Gasteiger partial charge is 0.375 e. The van der Waals surface area contributed by atoms with E-state index in [-0.39, 0.29) is 23.9 Å². The minimum absolute atomic E-state index is 0.0447. The minimum Gasteiger partial charge on any atom is -0.375 e. The van der Waals surface area contributed by atoms with Crippen LogP contribution in [0.3, 0.4) is 0 Å². The summed E-state index contributed by atoms with van der Waals surface area (Å²) in [6.07, 6.45) is 3.39. The van der Waals surface area contributed by atoms with Crippen LogP contribution in [0.1, 0.15) is 24.8 Å². The van der Waals surface area contributed by atoms with E-state index in [1.165, 1.54) is 13.2 Å². The van der Waals surface area contributed by atoms with Crippen molar-refractivity contribution >= 4 is 5.91 Å². The van der Waals surface area contributed by atoms with E-state index in [1.807, 2.05) is 17.0 Å². The highest BCUT2D eigenvalue weighted by Crippen LogP contribution is 2.39. The van der Waals surface area contributed by atoms with Gasteiger partial charge in [0.05, 0.1) is 12.2 Å². The predicted molar refractivity (Wildman–Crippen MR) is 84.6 cm³/mol. The second kappa shape index (κ2) is 6.97. The van der Waals surface area contributed by atoms with Crippen LogP contribution >= 0.6 is 0 Å². The lowest BCUT2D eigenvalue weighted by atomic mass is 9.83. The summed E-state index contributed by atoms with van der Waals surface area (Å²) in [6, 6.07) is 6.97. The summed E-state index contributed by atoms with van der Waals surface area (Å²) in [5.74, 6) is 0.268. The maximum atomic E-state index is 13.8. The topological polar surface area (TPSA) is 38.8 Å². The number of methoxy groups -OCH3 is 1. The molecule has 2 saturated heterocycles. The van der Waals surface area contributed by atoms with Gasteiger partial charge in [-0.2, -0.15) is 0 Å². The Morgan fingerprint density at radius 3 is 2.83 bits per heavy atom. The van der Waals surface area contributed by atoms with Crippen molar-refractivity contribution in [1.82, 2.24) is 4.90 Å². The first-order chi connectivity index (χ1) is 11.1. The normalized spacial score (nSPS) is 23.4. The molecule has 0 N–H and O–H groups in total. The molecule has 2 heterocycles. The van der Waals surface area contributed by atoms with Gasteiger partial charge in [0.1, 0.15) is 12.4 Å². The number of piperidine rings is 1. The molecule has 3 rings (SSSR count). The van der Waals surface area contributed by atoms with Gasteiger partial charge in [-0.15, -0.1) is 0 Å². The number of carbonyl (C=O) groups is 1. The van der Waals surface area contributed by atoms with Gasteiger partial charge in [0, 0.05) is 20.2 Å². The summed E-state index contributed by atoms with van der Waals surface area (Å²) in [7, 11) is 1.54. The number of likely N-dealkylation sites (tertiary alicyclic amines) is 1. The summed E-state index contributed by atoms with van der Waals surface area (Å²) >= 11 is 0. The highest BCUT2D eigenvalue weighted by atomic mass is 19.1. The number of hydrogen-bond donors (Lipinski definition) is 0. The summed E-state index contributed by atoms with van der Waals surface area (Å²) in [5.41, 5.74) is 0.644. The quantitative estimate of drug-likeness (QED) is 0.855. The third-order valence-corrected chi connectivity index (χ3v) is 5.05. The Morgan fingerprint density at radius 1 is 1.39 bits per heavy atom. The summed E-state index contributed by atoms with van der Waals surface area (Å²) in [4.78, 5) is 13.7. The van der Waals surface area contributed by atoms with Crippen molar-refractivity contribution in [1.29, 1.82) is 0 Å². The molecule has 5 heteroatoms. The van der Waals surface area contributed by atoms with Crippen molar-refractivity contribution in [2.24, 2.45) is 5.92 Å². The van der Waals surface area contributed by atoms with Crippen molar-refractivity contribution in [3.8, 4) is 0 Å². The molecule has 1 aromatic rings. The second-order valence-corrected chi connectivity index (χ2v) is 6.67. The highest BCUT2D eigenvalue weighted by molar-refractivity contribution is 5.77. The first-order valence-corrected chi connectivity index (χ1v) is 8.26. The predicted octanol–water partition coefficient (Wildman–Crippen LogP) is 2.41. The Kier molecular flexibility index (Phi) is 4.97. The molecule has 1 aromatic carbocycles. The molecule has 126 valence electrons. The van der Waals surface area contributed by atoms with E-state index < -0.39 is 0 Å². The summed E-state index contributed by atoms with van der Waals surface area (Å²) < 4.78 is 24.8. The van der Waals surface area contributed by atoms with E-state index in [0.29, 0.717) is 25.6 Å². The van der Waals surface area contributed by atoms with Crippen LogP contribution in [-0.2, 0) is 20.7 Å². The maximum Gasteiger partial charge on any atom is 0.248 e. The second-order valence-electron chi connectivity index (χ2n) is 6.67. The fraction of sp³-hybridized carbons (Fsp3) is 0.611. The molecule has 0 aliphatic carbocycles. The number of nitrogens with zero attached hydrogens (tertiary/aromatic N) is 1. The fourth-order valence-electron chi connectivity index (χ4n) is 3.77. The number of rotatable bonds is 4. The molecular weight excluding hydrogens is 297 g/mol. The molecule has 1 unspecified atom stereocenters. The standard InChI is InChI=1S/C18H24FNO3/c1-22-13-17(21)20-8-6-18(7-9-20)11-14(12-23-18)10-15-4-2-3-5-16(15)19/h2-5,14H,6-13H2,1H3. The zero-order chi connectivity index (χ0) is 16.3. The molecular formula is C18H24FNO3. The number of amides is 1. The Bertz CT molecular complexity index is 555. The molecule has 2 aliphatic rings. The molecule has 0 bridgehead atoms. The van der Waals surface area contributed by atoms with E-state index in [0.717, 1.165) is 31.2 Å². The van der Waals surface area contributed by atoms with Gasteiger partial charge >= 0.3 is 0 Å². The number of carbonyl (C=O) groups excluding carboxylic acids is 1. The van der Waals surface area contributed by atoms with Crippen LogP contribution in [0.25, 0.3) is 0 Å². The molecule has 4 nitrogen and oxygen atoms in total. The van der Waals surface area contributed by atoms with E-state index >= 15 is 0 Å². The van der Waals surface area contributed by atoms with Crippen LogP contribution in [-0.4, -0.2) is 49.8 Å². The average molecular weight is 321 g/mol. The van der Waals surface area contributed by atoms with Gasteiger partial charge < -0.3 is 14.4 Å². The number of hydrogen-bond acceptors (Lipinski definition) is 3. The van der Waals surface area contributed by atoms with E-state index in [9.17, 15) is 9.18 Å². The Labute approximate surface area is 136 Å². The molecule has 23 heavy (non-hydrogen) atoms. The van der Waals surface area contributed by atoms with Crippen LogP contribution < -0.4 is 0 Å². The minimum atomic E-state index is -0.131. The van der Waals surface area contributed by atoms with Crippen LogP contribution in [0.4, 0.5) is 4.39 Å². The third kappa shape index (κ3) is 3.72. The molecule has 0 aromatic heterocycles. The molecule has 1 amide bonds. The van der Waals surface area contributed by atoms with Crippen molar-refractivity contribution in [2.75, 3.05) is 33.4 Å². The Hall–Kier alpha value is -1.46. The van der Waals surface area contributed by atoms with Crippen molar-refractivity contribution in [3.63, 3.8) is 0 Å². The SMILES string of the molecule is COCC(=O)N1CCC2(CC1)CC(Cc1ccccc1F)CO2. The van der Waals surface area contributed by atoms with Crippen LogP contribution in [0.2, 0.25) is 0 Å². The maximum absolute atomic E-state index is 13.8. The van der Waals surface area contributed by atoms with Gasteiger partial charge in [-0.05, 0) is 43.2 Å². The van der Waals surface area contributed by atoms with Crippen molar-refractivity contribution < 1.29 is 18.7 Å². The molecule has 0 radical (unpaired) electrons.